The topological polar surface area (TPSA) is 62.9 Å². The molecule has 1 N–H and O–H groups in total. The van der Waals surface area contributed by atoms with Crippen molar-refractivity contribution in [3.8, 4) is 5.75 Å². The number of aliphatic hydroxyl groups is 1. The Morgan fingerprint density at radius 2 is 1.96 bits per heavy atom. The summed E-state index contributed by atoms with van der Waals surface area (Å²) in [4.78, 5) is 12.8. The van der Waals surface area contributed by atoms with Crippen LogP contribution in [0.15, 0.2) is 71.3 Å². The summed E-state index contributed by atoms with van der Waals surface area (Å²) in [5.41, 5.74) is 1.32. The quantitative estimate of drug-likeness (QED) is 0.541. The van der Waals surface area contributed by atoms with Gasteiger partial charge < -0.3 is 14.3 Å². The second-order valence-electron chi connectivity index (χ2n) is 6.53. The number of carbonyl (C=O) groups excluding carboxylic acids is 1. The molecule has 6 heteroatoms. The Labute approximate surface area is 163 Å². The van der Waals surface area contributed by atoms with Gasteiger partial charge >= 0.3 is 0 Å². The van der Waals surface area contributed by atoms with E-state index < -0.39 is 6.10 Å². The molecule has 0 radical (unpaired) electrons. The normalized spacial score (nSPS) is 12.1. The molecule has 1 heterocycles. The van der Waals surface area contributed by atoms with Crippen molar-refractivity contribution < 1.29 is 23.4 Å². The summed E-state index contributed by atoms with van der Waals surface area (Å²) in [5.74, 6) is 0.976. The number of rotatable bonds is 10. The first-order valence-corrected chi connectivity index (χ1v) is 8.97. The van der Waals surface area contributed by atoms with Gasteiger partial charge in [-0.1, -0.05) is 24.3 Å². The molecule has 0 spiro atoms. The van der Waals surface area contributed by atoms with Gasteiger partial charge in [0.15, 0.2) is 0 Å². The lowest BCUT2D eigenvalue weighted by Gasteiger charge is -2.24. The third-order valence-electron chi connectivity index (χ3n) is 4.16. The Hall–Kier alpha value is -2.96. The zero-order chi connectivity index (χ0) is 19.8. The molecule has 0 aliphatic carbocycles. The fourth-order valence-electron chi connectivity index (χ4n) is 2.92. The molecule has 1 atom stereocenters. The zero-order valence-corrected chi connectivity index (χ0v) is 15.3. The SMILES string of the molecule is O=Cc1cccc(OCC(O)CN(Cc2cccc(F)c2)Cc2ccco2)c1. The van der Waals surface area contributed by atoms with Crippen molar-refractivity contribution in [3.05, 3.63) is 89.6 Å². The number of furan rings is 1. The second-order valence-corrected chi connectivity index (χ2v) is 6.53. The number of ether oxygens (including phenoxy) is 1. The van der Waals surface area contributed by atoms with E-state index in [2.05, 4.69) is 0 Å². The molecule has 5 nitrogen and oxygen atoms in total. The second kappa shape index (κ2) is 9.82. The minimum atomic E-state index is -0.775. The minimum absolute atomic E-state index is 0.0696. The van der Waals surface area contributed by atoms with E-state index >= 15 is 0 Å². The third-order valence-corrected chi connectivity index (χ3v) is 4.16. The van der Waals surface area contributed by atoms with Crippen LogP contribution in [-0.4, -0.2) is 35.5 Å². The summed E-state index contributed by atoms with van der Waals surface area (Å²) in [6.07, 6.45) is 1.56. The number of benzene rings is 2. The molecule has 28 heavy (non-hydrogen) atoms. The van der Waals surface area contributed by atoms with Crippen LogP contribution in [0.5, 0.6) is 5.75 Å². The molecule has 0 aliphatic rings. The number of aldehydes is 1. The Morgan fingerprint density at radius 1 is 1.11 bits per heavy atom. The first kappa shape index (κ1) is 19.8. The van der Waals surface area contributed by atoms with E-state index in [1.54, 1.807) is 42.7 Å². The molecule has 0 saturated heterocycles. The molecule has 146 valence electrons. The van der Waals surface area contributed by atoms with Crippen LogP contribution < -0.4 is 4.74 Å². The van der Waals surface area contributed by atoms with Crippen molar-refractivity contribution in [3.63, 3.8) is 0 Å². The molecule has 1 unspecified atom stereocenters. The lowest BCUT2D eigenvalue weighted by molar-refractivity contribution is 0.0604. The number of hydrogen-bond donors (Lipinski definition) is 1. The van der Waals surface area contributed by atoms with E-state index in [4.69, 9.17) is 9.15 Å². The average Bonchev–Trinajstić information content (AvgIpc) is 3.19. The van der Waals surface area contributed by atoms with Gasteiger partial charge in [-0.15, -0.1) is 0 Å². The van der Waals surface area contributed by atoms with Crippen molar-refractivity contribution >= 4 is 6.29 Å². The van der Waals surface area contributed by atoms with Gasteiger partial charge in [-0.05, 0) is 42.0 Å². The largest absolute Gasteiger partial charge is 0.491 e. The van der Waals surface area contributed by atoms with Crippen molar-refractivity contribution in [1.82, 2.24) is 4.90 Å². The highest BCUT2D eigenvalue weighted by Crippen LogP contribution is 2.15. The maximum atomic E-state index is 13.5. The van der Waals surface area contributed by atoms with Gasteiger partial charge in [-0.3, -0.25) is 9.69 Å². The predicted octanol–water partition coefficient (Wildman–Crippen LogP) is 3.67. The minimum Gasteiger partial charge on any atom is -0.491 e. The molecule has 0 amide bonds. The standard InChI is InChI=1S/C22H22FNO4/c23-19-6-1-4-17(10-19)12-24(14-22-8-3-9-27-22)13-20(26)16-28-21-7-2-5-18(11-21)15-25/h1-11,15,20,26H,12-14,16H2. The first-order chi connectivity index (χ1) is 13.6. The van der Waals surface area contributed by atoms with Gasteiger partial charge in [-0.2, -0.15) is 0 Å². The van der Waals surface area contributed by atoms with Crippen molar-refractivity contribution in [1.29, 1.82) is 0 Å². The van der Waals surface area contributed by atoms with Gasteiger partial charge in [0.05, 0.1) is 12.8 Å². The van der Waals surface area contributed by atoms with Crippen LogP contribution in [0.4, 0.5) is 4.39 Å². The van der Waals surface area contributed by atoms with Gasteiger partial charge in [0.25, 0.3) is 0 Å². The Morgan fingerprint density at radius 3 is 2.71 bits per heavy atom. The van der Waals surface area contributed by atoms with E-state index in [9.17, 15) is 14.3 Å². The summed E-state index contributed by atoms with van der Waals surface area (Å²) in [5, 5.41) is 10.4. The molecule has 1 aromatic heterocycles. The summed E-state index contributed by atoms with van der Waals surface area (Å²) >= 11 is 0. The number of halogens is 1. The van der Waals surface area contributed by atoms with Crippen LogP contribution >= 0.6 is 0 Å². The fraction of sp³-hybridized carbons (Fsp3) is 0.227. The molecule has 0 bridgehead atoms. The van der Waals surface area contributed by atoms with Crippen molar-refractivity contribution in [2.75, 3.05) is 13.2 Å². The van der Waals surface area contributed by atoms with Gasteiger partial charge in [0, 0.05) is 18.7 Å². The Kier molecular flexibility index (Phi) is 6.94. The number of aliphatic hydroxyl groups excluding tert-OH is 1. The van der Waals surface area contributed by atoms with E-state index in [0.717, 1.165) is 17.6 Å². The monoisotopic (exact) mass is 383 g/mol. The summed E-state index contributed by atoms with van der Waals surface area (Å²) in [6, 6.07) is 16.8. The molecule has 0 saturated carbocycles. The first-order valence-electron chi connectivity index (χ1n) is 8.97. The summed E-state index contributed by atoms with van der Waals surface area (Å²) in [7, 11) is 0. The maximum absolute atomic E-state index is 13.5. The maximum Gasteiger partial charge on any atom is 0.150 e. The van der Waals surface area contributed by atoms with Crippen LogP contribution in [0.2, 0.25) is 0 Å². The van der Waals surface area contributed by atoms with E-state index in [-0.39, 0.29) is 12.4 Å². The van der Waals surface area contributed by atoms with Crippen LogP contribution in [0.3, 0.4) is 0 Å². The molecular formula is C22H22FNO4. The molecular weight excluding hydrogens is 361 g/mol. The highest BCUT2D eigenvalue weighted by atomic mass is 19.1. The Bertz CT molecular complexity index is 882. The lowest BCUT2D eigenvalue weighted by Crippen LogP contribution is -2.35. The molecule has 0 fully saturated rings. The van der Waals surface area contributed by atoms with Gasteiger partial charge in [0.2, 0.25) is 0 Å². The number of nitrogens with zero attached hydrogens (tertiary/aromatic N) is 1. The average molecular weight is 383 g/mol. The van der Waals surface area contributed by atoms with Crippen LogP contribution in [0, 0.1) is 5.82 Å². The molecule has 3 aromatic rings. The van der Waals surface area contributed by atoms with E-state index in [0.29, 0.717) is 30.9 Å². The molecule has 3 rings (SSSR count). The smallest absolute Gasteiger partial charge is 0.150 e. The highest BCUT2D eigenvalue weighted by molar-refractivity contribution is 5.75. The number of hydrogen-bond acceptors (Lipinski definition) is 5. The van der Waals surface area contributed by atoms with E-state index in [1.807, 2.05) is 17.0 Å². The molecule has 2 aromatic carbocycles. The van der Waals surface area contributed by atoms with Crippen LogP contribution in [0.25, 0.3) is 0 Å². The van der Waals surface area contributed by atoms with Crippen molar-refractivity contribution in [2.45, 2.75) is 19.2 Å². The highest BCUT2D eigenvalue weighted by Gasteiger charge is 2.15. The van der Waals surface area contributed by atoms with Gasteiger partial charge in [0.1, 0.15) is 36.3 Å². The third kappa shape index (κ3) is 6.04. The summed E-state index contributed by atoms with van der Waals surface area (Å²) < 4.78 is 24.5. The predicted molar refractivity (Wildman–Crippen MR) is 103 cm³/mol. The van der Waals surface area contributed by atoms with Crippen molar-refractivity contribution in [2.24, 2.45) is 0 Å². The lowest BCUT2D eigenvalue weighted by atomic mass is 10.2. The van der Waals surface area contributed by atoms with E-state index in [1.165, 1.54) is 12.1 Å². The summed E-state index contributed by atoms with van der Waals surface area (Å²) in [6.45, 7) is 1.31. The Balaban J connectivity index is 1.61. The fourth-order valence-corrected chi connectivity index (χ4v) is 2.92. The zero-order valence-electron chi connectivity index (χ0n) is 15.3. The number of carbonyl (C=O) groups is 1. The molecule has 0 aliphatic heterocycles. The van der Waals surface area contributed by atoms with Crippen LogP contribution in [0.1, 0.15) is 21.7 Å². The van der Waals surface area contributed by atoms with Crippen LogP contribution in [-0.2, 0) is 13.1 Å². The van der Waals surface area contributed by atoms with Gasteiger partial charge in [-0.25, -0.2) is 4.39 Å².